The lowest BCUT2D eigenvalue weighted by atomic mass is 9.93. The largest absolute Gasteiger partial charge is 0.480 e. The molecule has 7 nitrogen and oxygen atoms in total. The Hall–Kier alpha value is -2.97. The molecule has 1 heterocycles. The summed E-state index contributed by atoms with van der Waals surface area (Å²) in [5.74, 6) is -2.36. The van der Waals surface area contributed by atoms with Gasteiger partial charge in [0, 0.05) is 12.5 Å². The zero-order valence-electron chi connectivity index (χ0n) is 21.1. The molecule has 1 fully saturated rings. The molecule has 0 radical (unpaired) electrons. The number of carboxylic acid groups (broad SMARTS) is 1. The SMILES string of the molecule is CCCCOC(=O)[C@H](CCc1ccccc1)N[C@H]1CC[C@H](c2ccc(F)cc2)CN(CC(=O)O)C1=O.Cl. The molecule has 0 aromatic heterocycles. The van der Waals surface area contributed by atoms with Gasteiger partial charge in [-0.15, -0.1) is 12.4 Å². The van der Waals surface area contributed by atoms with E-state index < -0.39 is 30.6 Å². The maximum atomic E-state index is 13.4. The number of carbonyl (C=O) groups excluding carboxylic acids is 2. The third-order valence-electron chi connectivity index (χ3n) is 6.52. The molecule has 3 rings (SSSR count). The third kappa shape index (κ3) is 9.44. The Morgan fingerprint density at radius 1 is 1.14 bits per heavy atom. The molecule has 1 aliphatic rings. The summed E-state index contributed by atoms with van der Waals surface area (Å²) >= 11 is 0. The average molecular weight is 535 g/mol. The molecule has 37 heavy (non-hydrogen) atoms. The smallest absolute Gasteiger partial charge is 0.323 e. The predicted octanol–water partition coefficient (Wildman–Crippen LogP) is 4.34. The zero-order chi connectivity index (χ0) is 25.9. The monoisotopic (exact) mass is 534 g/mol. The van der Waals surface area contributed by atoms with Crippen LogP contribution in [-0.2, 0) is 25.5 Å². The van der Waals surface area contributed by atoms with E-state index in [2.05, 4.69) is 5.32 Å². The number of halogens is 2. The number of amides is 1. The molecule has 1 aliphatic heterocycles. The van der Waals surface area contributed by atoms with Crippen LogP contribution in [-0.4, -0.2) is 59.6 Å². The molecule has 1 saturated heterocycles. The minimum atomic E-state index is -1.11. The highest BCUT2D eigenvalue weighted by molar-refractivity contribution is 5.86. The minimum absolute atomic E-state index is 0. The topological polar surface area (TPSA) is 95.9 Å². The van der Waals surface area contributed by atoms with Crippen LogP contribution in [0.1, 0.15) is 56.1 Å². The Morgan fingerprint density at radius 3 is 2.49 bits per heavy atom. The Bertz CT molecular complexity index is 1010. The molecule has 2 N–H and O–H groups in total. The van der Waals surface area contributed by atoms with E-state index in [1.54, 1.807) is 12.1 Å². The lowest BCUT2D eigenvalue weighted by Gasteiger charge is -2.27. The molecular formula is C28H36ClFN2O5. The van der Waals surface area contributed by atoms with Crippen LogP contribution in [0.25, 0.3) is 0 Å². The van der Waals surface area contributed by atoms with Gasteiger partial charge in [-0.1, -0.05) is 55.8 Å². The number of unbranched alkanes of at least 4 members (excludes halogenated alkanes) is 1. The number of hydrogen-bond acceptors (Lipinski definition) is 5. The number of esters is 1. The normalized spacial score (nSPS) is 18.4. The molecule has 3 atom stereocenters. The van der Waals surface area contributed by atoms with E-state index in [0.29, 0.717) is 32.3 Å². The quantitative estimate of drug-likeness (QED) is 0.311. The van der Waals surface area contributed by atoms with Gasteiger partial charge >= 0.3 is 11.9 Å². The van der Waals surface area contributed by atoms with Crippen LogP contribution in [0.5, 0.6) is 0 Å². The van der Waals surface area contributed by atoms with Crippen LogP contribution in [0.15, 0.2) is 54.6 Å². The summed E-state index contributed by atoms with van der Waals surface area (Å²) in [5, 5.41) is 12.6. The van der Waals surface area contributed by atoms with E-state index >= 15 is 0 Å². The Kier molecular flexibility index (Phi) is 12.5. The molecule has 0 saturated carbocycles. The number of rotatable bonds is 12. The van der Waals surface area contributed by atoms with Crippen molar-refractivity contribution in [3.8, 4) is 0 Å². The maximum Gasteiger partial charge on any atom is 0.323 e. The second kappa shape index (κ2) is 15.3. The fourth-order valence-electron chi connectivity index (χ4n) is 4.51. The lowest BCUT2D eigenvalue weighted by molar-refractivity contribution is -0.148. The van der Waals surface area contributed by atoms with E-state index in [0.717, 1.165) is 24.0 Å². The molecule has 2 aromatic carbocycles. The number of likely N-dealkylation sites (tertiary alicyclic amines) is 1. The highest BCUT2D eigenvalue weighted by Crippen LogP contribution is 2.28. The van der Waals surface area contributed by atoms with Gasteiger partial charge in [-0.05, 0) is 55.4 Å². The number of carbonyl (C=O) groups is 3. The first kappa shape index (κ1) is 30.3. The van der Waals surface area contributed by atoms with Gasteiger partial charge in [0.15, 0.2) is 0 Å². The van der Waals surface area contributed by atoms with E-state index in [-0.39, 0.29) is 36.6 Å². The molecule has 0 aliphatic carbocycles. The number of carboxylic acids is 1. The van der Waals surface area contributed by atoms with Crippen molar-refractivity contribution < 1.29 is 28.6 Å². The summed E-state index contributed by atoms with van der Waals surface area (Å²) in [5.41, 5.74) is 1.92. The van der Waals surface area contributed by atoms with Gasteiger partial charge in [0.25, 0.3) is 0 Å². The van der Waals surface area contributed by atoms with Gasteiger partial charge in [-0.3, -0.25) is 19.7 Å². The second-order valence-corrected chi connectivity index (χ2v) is 9.26. The molecule has 0 spiro atoms. The Labute approximate surface area is 223 Å². The van der Waals surface area contributed by atoms with Crippen LogP contribution < -0.4 is 5.32 Å². The summed E-state index contributed by atoms with van der Waals surface area (Å²) in [7, 11) is 0. The molecular weight excluding hydrogens is 499 g/mol. The highest BCUT2D eigenvalue weighted by Gasteiger charge is 2.35. The fourth-order valence-corrected chi connectivity index (χ4v) is 4.51. The first-order chi connectivity index (χ1) is 17.4. The van der Waals surface area contributed by atoms with E-state index in [1.807, 2.05) is 37.3 Å². The summed E-state index contributed by atoms with van der Waals surface area (Å²) in [6.45, 7) is 2.10. The number of aliphatic carboxylic acids is 1. The first-order valence-corrected chi connectivity index (χ1v) is 12.6. The molecule has 2 aromatic rings. The zero-order valence-corrected chi connectivity index (χ0v) is 21.9. The van der Waals surface area contributed by atoms with Crippen molar-refractivity contribution in [1.29, 1.82) is 0 Å². The number of nitrogens with zero attached hydrogens (tertiary/aromatic N) is 1. The van der Waals surface area contributed by atoms with Crippen LogP contribution in [0.4, 0.5) is 4.39 Å². The molecule has 9 heteroatoms. The molecule has 0 unspecified atom stereocenters. The number of nitrogens with one attached hydrogen (secondary N) is 1. The number of aryl methyl sites for hydroxylation is 1. The van der Waals surface area contributed by atoms with E-state index in [1.165, 1.54) is 17.0 Å². The van der Waals surface area contributed by atoms with Crippen molar-refractivity contribution in [2.24, 2.45) is 0 Å². The van der Waals surface area contributed by atoms with Crippen molar-refractivity contribution in [3.63, 3.8) is 0 Å². The van der Waals surface area contributed by atoms with Crippen molar-refractivity contribution in [1.82, 2.24) is 10.2 Å². The predicted molar refractivity (Wildman–Crippen MR) is 141 cm³/mol. The summed E-state index contributed by atoms with van der Waals surface area (Å²) in [6, 6.07) is 14.4. The summed E-state index contributed by atoms with van der Waals surface area (Å²) < 4.78 is 18.9. The minimum Gasteiger partial charge on any atom is -0.480 e. The second-order valence-electron chi connectivity index (χ2n) is 9.26. The van der Waals surface area contributed by atoms with Gasteiger partial charge in [0.05, 0.1) is 12.6 Å². The number of ether oxygens (including phenoxy) is 1. The average Bonchev–Trinajstić information content (AvgIpc) is 3.01. The van der Waals surface area contributed by atoms with Gasteiger partial charge in [-0.2, -0.15) is 0 Å². The third-order valence-corrected chi connectivity index (χ3v) is 6.52. The first-order valence-electron chi connectivity index (χ1n) is 12.6. The van der Waals surface area contributed by atoms with Crippen LogP contribution >= 0.6 is 12.4 Å². The number of benzene rings is 2. The van der Waals surface area contributed by atoms with Crippen LogP contribution in [0.3, 0.4) is 0 Å². The summed E-state index contributed by atoms with van der Waals surface area (Å²) in [4.78, 5) is 39.2. The lowest BCUT2D eigenvalue weighted by Crippen LogP contribution is -2.52. The number of hydrogen-bond donors (Lipinski definition) is 2. The van der Waals surface area contributed by atoms with Crippen LogP contribution in [0.2, 0.25) is 0 Å². The van der Waals surface area contributed by atoms with Crippen molar-refractivity contribution in [3.05, 3.63) is 71.5 Å². The van der Waals surface area contributed by atoms with Crippen LogP contribution in [0, 0.1) is 5.82 Å². The Morgan fingerprint density at radius 2 is 1.84 bits per heavy atom. The van der Waals surface area contributed by atoms with Crippen molar-refractivity contribution in [2.75, 3.05) is 19.7 Å². The molecule has 1 amide bonds. The van der Waals surface area contributed by atoms with Crippen molar-refractivity contribution >= 4 is 30.3 Å². The Balaban J connectivity index is 0.00000481. The van der Waals surface area contributed by atoms with Crippen molar-refractivity contribution in [2.45, 2.75) is 63.5 Å². The maximum absolute atomic E-state index is 13.4. The van der Waals surface area contributed by atoms with Gasteiger partial charge < -0.3 is 14.7 Å². The van der Waals surface area contributed by atoms with Gasteiger partial charge in [0.2, 0.25) is 5.91 Å². The summed E-state index contributed by atoms with van der Waals surface area (Å²) in [6.07, 6.45) is 3.72. The fraction of sp³-hybridized carbons (Fsp3) is 0.464. The molecule has 202 valence electrons. The standard InChI is InChI=1S/C28H35FN2O5.ClH/c1-2-3-17-36-28(35)25(15-9-20-7-5-4-6-8-20)30-24-16-12-22(21-10-13-23(29)14-11-21)18-31(27(24)34)19-26(32)33;/h4-8,10-11,13-14,22,24-25,30H,2-3,9,12,15-19H2,1H3,(H,32,33);1H/t22-,24-,25-;/m0./s1. The van der Waals surface area contributed by atoms with Gasteiger partial charge in [-0.25, -0.2) is 4.39 Å². The highest BCUT2D eigenvalue weighted by atomic mass is 35.5. The molecule has 0 bridgehead atoms. The van der Waals surface area contributed by atoms with E-state index in [4.69, 9.17) is 4.74 Å². The van der Waals surface area contributed by atoms with E-state index in [9.17, 15) is 23.9 Å². The van der Waals surface area contributed by atoms with Gasteiger partial charge in [0.1, 0.15) is 18.4 Å².